The normalized spacial score (nSPS) is 11.3. The van der Waals surface area contributed by atoms with Crippen LogP contribution < -0.4 is 24.8 Å². The first-order valence-electron chi connectivity index (χ1n) is 11.9. The standard InChI is InChI=1S/C29H34ClN3.2ClH.Co/c1-7-21-13-11-14-22(8-2)28(21)31-19(5)26-17-25(30)18-27(33-26)20(6)32-29-23(9-3)15-12-16-24(29)10-4;;;/h11-18H,7-10H2,1-6H3;2*1H;/q;;;+2/p-2. The summed E-state index contributed by atoms with van der Waals surface area (Å²) in [7, 11) is 0. The van der Waals surface area contributed by atoms with Crippen LogP contribution in [0, 0.1) is 0 Å². The van der Waals surface area contributed by atoms with Crippen LogP contribution in [-0.2, 0) is 42.5 Å². The topological polar surface area (TPSA) is 37.6 Å². The molecule has 0 spiro atoms. The van der Waals surface area contributed by atoms with Gasteiger partial charge in [-0.1, -0.05) is 75.7 Å². The van der Waals surface area contributed by atoms with Crippen LogP contribution in [0.1, 0.15) is 75.2 Å². The number of aliphatic imine (C=N–C) groups is 2. The largest absolute Gasteiger partial charge is 2.00 e. The molecule has 0 aliphatic carbocycles. The quantitative estimate of drug-likeness (QED) is 0.372. The maximum atomic E-state index is 6.53. The van der Waals surface area contributed by atoms with E-state index in [9.17, 15) is 0 Å². The molecule has 0 amide bonds. The Morgan fingerprint density at radius 2 is 0.972 bits per heavy atom. The summed E-state index contributed by atoms with van der Waals surface area (Å²) in [5, 5.41) is 0.637. The molecule has 1 radical (unpaired) electrons. The average molecular weight is 590 g/mol. The van der Waals surface area contributed by atoms with E-state index in [1.54, 1.807) is 0 Å². The summed E-state index contributed by atoms with van der Waals surface area (Å²) in [5.74, 6) is 0. The second-order valence-corrected chi connectivity index (χ2v) is 8.65. The zero-order valence-electron chi connectivity index (χ0n) is 21.8. The molecule has 0 unspecified atom stereocenters. The first kappa shape index (κ1) is 34.3. The van der Waals surface area contributed by atoms with Crippen molar-refractivity contribution < 1.29 is 41.6 Å². The molecule has 0 aliphatic heterocycles. The van der Waals surface area contributed by atoms with E-state index in [0.29, 0.717) is 5.02 Å². The van der Waals surface area contributed by atoms with Gasteiger partial charge in [-0.05, 0) is 73.9 Å². The fraction of sp³-hybridized carbons (Fsp3) is 0.345. The minimum atomic E-state index is 0. The number of nitrogens with zero attached hydrogens (tertiary/aromatic N) is 3. The third kappa shape index (κ3) is 8.16. The smallest absolute Gasteiger partial charge is 1.00 e. The average Bonchev–Trinajstić information content (AvgIpc) is 2.83. The van der Waals surface area contributed by atoms with Crippen molar-refractivity contribution in [3.05, 3.63) is 87.2 Å². The SMILES string of the molecule is CCc1cccc(CC)c1N=C(C)c1cc(Cl)cc(C(C)=Nc2c(CC)cccc2CC)n1.[Cl-].[Cl-].[Co+2]. The fourth-order valence-electron chi connectivity index (χ4n) is 4.04. The van der Waals surface area contributed by atoms with E-state index in [-0.39, 0.29) is 41.6 Å². The van der Waals surface area contributed by atoms with Gasteiger partial charge in [-0.25, -0.2) is 4.98 Å². The molecule has 7 heteroatoms. The number of hydrogen-bond acceptors (Lipinski definition) is 3. The number of benzene rings is 2. The number of halogens is 3. The predicted octanol–water partition coefficient (Wildman–Crippen LogP) is 2.27. The fourth-order valence-corrected chi connectivity index (χ4v) is 4.24. The van der Waals surface area contributed by atoms with Gasteiger partial charge in [0.05, 0.1) is 34.2 Å². The summed E-state index contributed by atoms with van der Waals surface area (Å²) >= 11 is 6.53. The van der Waals surface area contributed by atoms with E-state index in [2.05, 4.69) is 64.1 Å². The van der Waals surface area contributed by atoms with Crippen LogP contribution in [0.4, 0.5) is 11.4 Å². The Hall–Kier alpha value is -1.69. The molecule has 0 saturated heterocycles. The zero-order valence-corrected chi connectivity index (χ0v) is 25.1. The van der Waals surface area contributed by atoms with Gasteiger partial charge in [0.25, 0.3) is 0 Å². The van der Waals surface area contributed by atoms with Gasteiger partial charge >= 0.3 is 16.8 Å². The minimum Gasteiger partial charge on any atom is -1.00 e. The molecule has 0 bridgehead atoms. The summed E-state index contributed by atoms with van der Waals surface area (Å²) < 4.78 is 0. The Morgan fingerprint density at radius 1 is 0.667 bits per heavy atom. The van der Waals surface area contributed by atoms with Crippen molar-refractivity contribution >= 4 is 34.4 Å². The van der Waals surface area contributed by atoms with Crippen LogP contribution in [0.15, 0.2) is 58.5 Å². The minimum absolute atomic E-state index is 0. The zero-order chi connectivity index (χ0) is 24.0. The van der Waals surface area contributed by atoms with Gasteiger partial charge in [0.2, 0.25) is 0 Å². The number of para-hydroxylation sites is 2. The van der Waals surface area contributed by atoms with E-state index in [1.807, 2.05) is 26.0 Å². The Kier molecular flexibility index (Phi) is 15.4. The summed E-state index contributed by atoms with van der Waals surface area (Å²) in [6, 6.07) is 16.6. The number of rotatable bonds is 8. The predicted molar refractivity (Wildman–Crippen MR) is 143 cm³/mol. The van der Waals surface area contributed by atoms with Crippen LogP contribution in [0.5, 0.6) is 0 Å². The molecule has 3 aromatic rings. The monoisotopic (exact) mass is 588 g/mol. The van der Waals surface area contributed by atoms with Gasteiger partial charge in [0.15, 0.2) is 0 Å². The van der Waals surface area contributed by atoms with E-state index in [1.165, 1.54) is 22.3 Å². The molecule has 0 saturated carbocycles. The Balaban J connectivity index is 0.00000408. The summed E-state index contributed by atoms with van der Waals surface area (Å²) in [6.45, 7) is 12.7. The molecule has 195 valence electrons. The van der Waals surface area contributed by atoms with Crippen LogP contribution in [0.25, 0.3) is 0 Å². The number of aryl methyl sites for hydroxylation is 4. The maximum absolute atomic E-state index is 6.53. The maximum Gasteiger partial charge on any atom is 2.00 e. The van der Waals surface area contributed by atoms with Gasteiger partial charge in [-0.15, -0.1) is 0 Å². The molecule has 0 fully saturated rings. The Bertz CT molecular complexity index is 1070. The van der Waals surface area contributed by atoms with Gasteiger partial charge in [-0.2, -0.15) is 0 Å². The van der Waals surface area contributed by atoms with Crippen molar-refractivity contribution in [2.24, 2.45) is 9.98 Å². The molecule has 0 atom stereocenters. The Labute approximate surface area is 244 Å². The molecule has 1 aromatic heterocycles. The van der Waals surface area contributed by atoms with E-state index < -0.39 is 0 Å². The third-order valence-electron chi connectivity index (χ3n) is 6.02. The van der Waals surface area contributed by atoms with Crippen molar-refractivity contribution in [2.45, 2.75) is 67.2 Å². The first-order valence-corrected chi connectivity index (χ1v) is 12.3. The molecule has 0 N–H and O–H groups in total. The summed E-state index contributed by atoms with van der Waals surface area (Å²) in [6.07, 6.45) is 3.76. The van der Waals surface area contributed by atoms with Crippen molar-refractivity contribution in [3.63, 3.8) is 0 Å². The summed E-state index contributed by atoms with van der Waals surface area (Å²) in [5.41, 5.74) is 10.4. The van der Waals surface area contributed by atoms with Crippen LogP contribution >= 0.6 is 11.6 Å². The number of hydrogen-bond donors (Lipinski definition) is 0. The van der Waals surface area contributed by atoms with Crippen LogP contribution in [0.3, 0.4) is 0 Å². The van der Waals surface area contributed by atoms with Gasteiger partial charge < -0.3 is 24.8 Å². The van der Waals surface area contributed by atoms with Crippen molar-refractivity contribution in [3.8, 4) is 0 Å². The van der Waals surface area contributed by atoms with E-state index >= 15 is 0 Å². The van der Waals surface area contributed by atoms with Crippen LogP contribution in [-0.4, -0.2) is 16.4 Å². The molecule has 36 heavy (non-hydrogen) atoms. The Morgan fingerprint density at radius 3 is 1.25 bits per heavy atom. The second kappa shape index (κ2) is 16.2. The number of pyridine rings is 1. The van der Waals surface area contributed by atoms with Crippen molar-refractivity contribution in [1.82, 2.24) is 4.98 Å². The molecule has 3 rings (SSSR count). The molecule has 0 aliphatic rings. The number of aromatic nitrogens is 1. The van der Waals surface area contributed by atoms with E-state index in [0.717, 1.165) is 59.9 Å². The summed E-state index contributed by atoms with van der Waals surface area (Å²) in [4.78, 5) is 14.9. The van der Waals surface area contributed by atoms with Crippen LogP contribution in [0.2, 0.25) is 5.02 Å². The first-order chi connectivity index (χ1) is 15.9. The molecule has 1 heterocycles. The molecular formula is C29H34Cl3CoN3. The second-order valence-electron chi connectivity index (χ2n) is 8.21. The van der Waals surface area contributed by atoms with Crippen molar-refractivity contribution in [2.75, 3.05) is 0 Å². The third-order valence-corrected chi connectivity index (χ3v) is 6.24. The van der Waals surface area contributed by atoms with Gasteiger partial charge in [0.1, 0.15) is 0 Å². The van der Waals surface area contributed by atoms with E-state index in [4.69, 9.17) is 26.6 Å². The van der Waals surface area contributed by atoms with Crippen molar-refractivity contribution in [1.29, 1.82) is 0 Å². The molecule has 2 aromatic carbocycles. The van der Waals surface area contributed by atoms with Gasteiger partial charge in [0, 0.05) is 5.02 Å². The molecular weight excluding hydrogens is 556 g/mol. The molecule has 3 nitrogen and oxygen atoms in total. The van der Waals surface area contributed by atoms with Gasteiger partial charge in [-0.3, -0.25) is 9.98 Å².